The van der Waals surface area contributed by atoms with E-state index in [1.165, 1.54) is 25.6 Å². The van der Waals surface area contributed by atoms with Gasteiger partial charge in [-0.15, -0.1) is 0 Å². The van der Waals surface area contributed by atoms with Gasteiger partial charge in [-0.3, -0.25) is 4.79 Å². The number of nitriles is 1. The number of ether oxygens (including phenoxy) is 1. The lowest BCUT2D eigenvalue weighted by Crippen LogP contribution is -2.41. The van der Waals surface area contributed by atoms with Gasteiger partial charge in [0.25, 0.3) is 5.91 Å². The molecule has 1 amide bonds. The molecule has 0 unspecified atom stereocenters. The topological polar surface area (TPSA) is 123 Å². The van der Waals surface area contributed by atoms with E-state index >= 15 is 0 Å². The third-order valence-electron chi connectivity index (χ3n) is 6.26. The SMILES string of the molecule is COc1cc(-c2nn([C@@H]3CCCN(C(=O)/C(C#N)=C/C(C)(C)C)C3)c3ncnc(N)c23)ccc1C(F)(F)F. The molecule has 1 fully saturated rings. The van der Waals surface area contributed by atoms with Gasteiger partial charge in [-0.05, 0) is 30.4 Å². The summed E-state index contributed by atoms with van der Waals surface area (Å²) >= 11 is 0. The number of rotatable bonds is 4. The zero-order valence-electron chi connectivity index (χ0n) is 21.5. The highest BCUT2D eigenvalue weighted by molar-refractivity contribution is 5.99. The van der Waals surface area contributed by atoms with Gasteiger partial charge < -0.3 is 15.4 Å². The summed E-state index contributed by atoms with van der Waals surface area (Å²) < 4.78 is 46.9. The third-order valence-corrected chi connectivity index (χ3v) is 6.26. The van der Waals surface area contributed by atoms with E-state index in [2.05, 4.69) is 9.97 Å². The molecular formula is C26H28F3N7O2. The van der Waals surface area contributed by atoms with Gasteiger partial charge >= 0.3 is 6.18 Å². The number of allylic oxidation sites excluding steroid dienone is 1. The fourth-order valence-corrected chi connectivity index (χ4v) is 4.61. The summed E-state index contributed by atoms with van der Waals surface area (Å²) in [5.74, 6) is -0.582. The highest BCUT2D eigenvalue weighted by Crippen LogP contribution is 2.40. The Morgan fingerprint density at radius 1 is 1.26 bits per heavy atom. The van der Waals surface area contributed by atoms with E-state index < -0.39 is 11.7 Å². The Bertz CT molecular complexity index is 1450. The van der Waals surface area contributed by atoms with Gasteiger partial charge in [-0.25, -0.2) is 14.6 Å². The van der Waals surface area contributed by atoms with Crippen LogP contribution in [-0.4, -0.2) is 50.8 Å². The maximum absolute atomic E-state index is 13.4. The second kappa shape index (κ2) is 9.96. The quantitative estimate of drug-likeness (QED) is 0.383. The van der Waals surface area contributed by atoms with Gasteiger partial charge in [0.05, 0.1) is 24.1 Å². The molecule has 200 valence electrons. The van der Waals surface area contributed by atoms with Crippen LogP contribution in [-0.2, 0) is 11.0 Å². The van der Waals surface area contributed by atoms with Gasteiger partial charge in [0, 0.05) is 18.7 Å². The lowest BCUT2D eigenvalue weighted by molar-refractivity contribution is -0.138. The molecule has 0 spiro atoms. The fraction of sp³-hybridized carbons (Fsp3) is 0.423. The summed E-state index contributed by atoms with van der Waals surface area (Å²) in [6.07, 6.45) is -0.304. The number of halogens is 3. The molecule has 1 aliphatic heterocycles. The number of nitrogens with zero attached hydrogens (tertiary/aromatic N) is 6. The number of hydrogen-bond donors (Lipinski definition) is 1. The normalized spacial score (nSPS) is 16.9. The Kier molecular flexibility index (Phi) is 7.06. The molecule has 1 atom stereocenters. The number of likely N-dealkylation sites (tertiary alicyclic amines) is 1. The molecule has 12 heteroatoms. The summed E-state index contributed by atoms with van der Waals surface area (Å²) in [5, 5.41) is 14.7. The lowest BCUT2D eigenvalue weighted by atomic mass is 9.93. The van der Waals surface area contributed by atoms with Crippen molar-refractivity contribution in [3.63, 3.8) is 0 Å². The average Bonchev–Trinajstić information content (AvgIpc) is 3.26. The van der Waals surface area contributed by atoms with Gasteiger partial charge in [-0.2, -0.15) is 23.5 Å². The summed E-state index contributed by atoms with van der Waals surface area (Å²) in [6, 6.07) is 5.21. The maximum atomic E-state index is 13.4. The highest BCUT2D eigenvalue weighted by Gasteiger charge is 2.35. The average molecular weight is 528 g/mol. The van der Waals surface area contributed by atoms with Crippen molar-refractivity contribution in [3.05, 3.63) is 41.7 Å². The molecule has 2 N–H and O–H groups in total. The largest absolute Gasteiger partial charge is 0.496 e. The predicted molar refractivity (Wildman–Crippen MR) is 135 cm³/mol. The molecule has 0 bridgehead atoms. The smallest absolute Gasteiger partial charge is 0.419 e. The second-order valence-corrected chi connectivity index (χ2v) is 10.2. The number of amides is 1. The Morgan fingerprint density at radius 3 is 2.63 bits per heavy atom. The number of nitrogen functional groups attached to an aromatic ring is 1. The number of nitrogens with two attached hydrogens (primary N) is 1. The van der Waals surface area contributed by atoms with Crippen molar-refractivity contribution in [1.82, 2.24) is 24.6 Å². The van der Waals surface area contributed by atoms with E-state index in [4.69, 9.17) is 15.6 Å². The Labute approximate surface area is 217 Å². The molecule has 0 aliphatic carbocycles. The molecule has 0 radical (unpaired) electrons. The van der Waals surface area contributed by atoms with Crippen LogP contribution in [0.2, 0.25) is 0 Å². The monoisotopic (exact) mass is 527 g/mol. The number of anilines is 1. The van der Waals surface area contributed by atoms with E-state index in [1.807, 2.05) is 26.8 Å². The maximum Gasteiger partial charge on any atom is 0.419 e. The number of piperidine rings is 1. The minimum Gasteiger partial charge on any atom is -0.496 e. The Morgan fingerprint density at radius 2 is 2.00 bits per heavy atom. The van der Waals surface area contributed by atoms with Crippen LogP contribution in [0.4, 0.5) is 19.0 Å². The number of benzene rings is 1. The van der Waals surface area contributed by atoms with Crippen LogP contribution in [0.1, 0.15) is 45.2 Å². The molecule has 1 saturated heterocycles. The van der Waals surface area contributed by atoms with Crippen LogP contribution in [0.5, 0.6) is 5.75 Å². The van der Waals surface area contributed by atoms with Crippen molar-refractivity contribution in [2.45, 2.75) is 45.8 Å². The van der Waals surface area contributed by atoms with Crippen molar-refractivity contribution in [3.8, 4) is 23.1 Å². The van der Waals surface area contributed by atoms with Crippen LogP contribution in [0.25, 0.3) is 22.3 Å². The van der Waals surface area contributed by atoms with Crippen LogP contribution in [0.15, 0.2) is 36.2 Å². The number of alkyl halides is 3. The minimum absolute atomic E-state index is 0.0765. The first-order valence-corrected chi connectivity index (χ1v) is 12.0. The predicted octanol–water partition coefficient (Wildman–Crippen LogP) is 4.76. The van der Waals surface area contributed by atoms with Crippen molar-refractivity contribution in [1.29, 1.82) is 5.26 Å². The molecule has 1 aliphatic rings. The number of hydrogen-bond acceptors (Lipinski definition) is 7. The standard InChI is InChI=1S/C26H28F3N7O2/c1-25(2,3)11-16(12-30)24(37)35-9-5-6-17(13-35)36-23-20(22(31)32-14-33-23)21(34-36)15-7-8-18(26(27,28)29)19(10-15)38-4/h7-8,10-11,14,17H,5-6,9,13H2,1-4H3,(H2,31,32,33)/b16-11+/t17-/m1/s1. The Hall–Kier alpha value is -4.14. The van der Waals surface area contributed by atoms with Crippen molar-refractivity contribution in [2.24, 2.45) is 5.41 Å². The van der Waals surface area contributed by atoms with Crippen molar-refractivity contribution >= 4 is 22.8 Å². The number of carbonyl (C=O) groups excluding carboxylic acids is 1. The van der Waals surface area contributed by atoms with Gasteiger partial charge in [0.15, 0.2) is 5.65 Å². The summed E-state index contributed by atoms with van der Waals surface area (Å²) in [4.78, 5) is 23.2. The highest BCUT2D eigenvalue weighted by atomic mass is 19.4. The summed E-state index contributed by atoms with van der Waals surface area (Å²) in [6.45, 7) is 6.49. The molecule has 3 heterocycles. The summed E-state index contributed by atoms with van der Waals surface area (Å²) in [7, 11) is 1.17. The first-order valence-electron chi connectivity index (χ1n) is 12.0. The minimum atomic E-state index is -4.59. The van der Waals surface area contributed by atoms with E-state index in [-0.39, 0.29) is 41.0 Å². The molecule has 0 saturated carbocycles. The lowest BCUT2D eigenvalue weighted by Gasteiger charge is -2.33. The van der Waals surface area contributed by atoms with Gasteiger partial charge in [0.1, 0.15) is 35.2 Å². The number of aromatic nitrogens is 4. The number of methoxy groups -OCH3 is 1. The van der Waals surface area contributed by atoms with Crippen LogP contribution < -0.4 is 10.5 Å². The molecule has 9 nitrogen and oxygen atoms in total. The van der Waals surface area contributed by atoms with E-state index in [0.717, 1.165) is 6.07 Å². The molecule has 2 aromatic heterocycles. The van der Waals surface area contributed by atoms with E-state index in [9.17, 15) is 23.2 Å². The van der Waals surface area contributed by atoms with Crippen LogP contribution in [0, 0.1) is 16.7 Å². The second-order valence-electron chi connectivity index (χ2n) is 10.2. The zero-order chi connectivity index (χ0) is 27.8. The Balaban J connectivity index is 1.76. The molecule has 4 rings (SSSR count). The molecule has 1 aromatic carbocycles. The number of fused-ring (bicyclic) bond motifs is 1. The van der Waals surface area contributed by atoms with Gasteiger partial charge in [0.2, 0.25) is 0 Å². The van der Waals surface area contributed by atoms with Crippen LogP contribution >= 0.6 is 0 Å². The van der Waals surface area contributed by atoms with E-state index in [1.54, 1.807) is 15.7 Å². The van der Waals surface area contributed by atoms with E-state index in [0.29, 0.717) is 41.7 Å². The van der Waals surface area contributed by atoms with Crippen molar-refractivity contribution < 1.29 is 22.7 Å². The van der Waals surface area contributed by atoms with Crippen molar-refractivity contribution in [2.75, 3.05) is 25.9 Å². The molecule has 38 heavy (non-hydrogen) atoms. The molecular weight excluding hydrogens is 499 g/mol. The number of carbonyl (C=O) groups is 1. The first-order chi connectivity index (χ1) is 17.8. The summed E-state index contributed by atoms with van der Waals surface area (Å²) in [5.41, 5.74) is 6.05. The third kappa shape index (κ3) is 5.27. The first kappa shape index (κ1) is 26.9. The van der Waals surface area contributed by atoms with Crippen LogP contribution in [0.3, 0.4) is 0 Å². The fourth-order valence-electron chi connectivity index (χ4n) is 4.61. The molecule has 3 aromatic rings. The zero-order valence-corrected chi connectivity index (χ0v) is 21.5. The van der Waals surface area contributed by atoms with Gasteiger partial charge in [-0.1, -0.05) is 32.9 Å².